The van der Waals surface area contributed by atoms with Crippen LogP contribution >= 0.6 is 23.4 Å². The monoisotopic (exact) mass is 442 g/mol. The SMILES string of the molecule is Cc1ccccc1-n1ccnc1SCC(=O)Nc1cccc(Cl)c1N1CCOCC1. The van der Waals surface area contributed by atoms with Gasteiger partial charge >= 0.3 is 0 Å². The summed E-state index contributed by atoms with van der Waals surface area (Å²) in [5.74, 6) is 0.147. The first kappa shape index (κ1) is 20.8. The number of hydrogen-bond acceptors (Lipinski definition) is 5. The van der Waals surface area contributed by atoms with E-state index < -0.39 is 0 Å². The first-order chi connectivity index (χ1) is 14.6. The van der Waals surface area contributed by atoms with Crippen molar-refractivity contribution >= 4 is 40.6 Å². The number of rotatable bonds is 6. The molecule has 1 aliphatic heterocycles. The maximum absolute atomic E-state index is 12.7. The average Bonchev–Trinajstić information content (AvgIpc) is 3.22. The van der Waals surface area contributed by atoms with Crippen LogP contribution in [0.1, 0.15) is 5.56 Å². The summed E-state index contributed by atoms with van der Waals surface area (Å²) in [6.07, 6.45) is 3.66. The number of benzene rings is 2. The van der Waals surface area contributed by atoms with Gasteiger partial charge in [0.25, 0.3) is 0 Å². The fraction of sp³-hybridized carbons (Fsp3) is 0.273. The number of aromatic nitrogens is 2. The van der Waals surface area contributed by atoms with Crippen LogP contribution in [0.25, 0.3) is 5.69 Å². The summed E-state index contributed by atoms with van der Waals surface area (Å²) in [4.78, 5) is 19.3. The number of halogens is 1. The minimum Gasteiger partial charge on any atom is -0.378 e. The third-order valence-electron chi connectivity index (χ3n) is 4.90. The zero-order chi connectivity index (χ0) is 20.9. The number of carbonyl (C=O) groups excluding carboxylic acids is 1. The normalized spacial score (nSPS) is 14.0. The number of nitrogens with zero attached hydrogens (tertiary/aromatic N) is 3. The molecule has 1 saturated heterocycles. The van der Waals surface area contributed by atoms with Gasteiger partial charge in [0.15, 0.2) is 5.16 Å². The van der Waals surface area contributed by atoms with Crippen molar-refractivity contribution < 1.29 is 9.53 Å². The van der Waals surface area contributed by atoms with Crippen LogP contribution in [0.3, 0.4) is 0 Å². The Morgan fingerprint density at radius 1 is 1.20 bits per heavy atom. The number of carbonyl (C=O) groups is 1. The molecule has 0 spiro atoms. The van der Waals surface area contributed by atoms with E-state index in [1.807, 2.05) is 47.2 Å². The van der Waals surface area contributed by atoms with E-state index in [1.54, 1.807) is 6.20 Å². The van der Waals surface area contributed by atoms with Gasteiger partial charge in [0.1, 0.15) is 0 Å². The van der Waals surface area contributed by atoms with E-state index in [-0.39, 0.29) is 11.7 Å². The molecule has 1 fully saturated rings. The van der Waals surface area contributed by atoms with Gasteiger partial charge in [0.2, 0.25) is 5.91 Å². The standard InChI is InChI=1S/C22H23ClN4O2S/c1-16-5-2-3-8-19(16)27-10-9-24-22(27)30-15-20(28)25-18-7-4-6-17(23)21(18)26-11-13-29-14-12-26/h2-10H,11-15H2,1H3,(H,25,28). The Kier molecular flexibility index (Phi) is 6.62. The van der Waals surface area contributed by atoms with Gasteiger partial charge in [-0.05, 0) is 30.7 Å². The van der Waals surface area contributed by atoms with E-state index in [9.17, 15) is 4.79 Å². The molecule has 8 heteroatoms. The summed E-state index contributed by atoms with van der Waals surface area (Å²) in [6, 6.07) is 13.7. The van der Waals surface area contributed by atoms with Gasteiger partial charge in [-0.1, -0.05) is 47.6 Å². The minimum atomic E-state index is -0.101. The van der Waals surface area contributed by atoms with Crippen LogP contribution in [0.2, 0.25) is 5.02 Å². The predicted octanol–water partition coefficient (Wildman–Crippen LogP) is 4.40. The van der Waals surface area contributed by atoms with E-state index >= 15 is 0 Å². The third kappa shape index (κ3) is 4.64. The summed E-state index contributed by atoms with van der Waals surface area (Å²) >= 11 is 7.86. The van der Waals surface area contributed by atoms with Crippen LogP contribution < -0.4 is 10.2 Å². The fourth-order valence-electron chi connectivity index (χ4n) is 3.45. The lowest BCUT2D eigenvalue weighted by molar-refractivity contribution is -0.113. The fourth-order valence-corrected chi connectivity index (χ4v) is 4.51. The van der Waals surface area contributed by atoms with Crippen molar-refractivity contribution in [2.45, 2.75) is 12.1 Å². The van der Waals surface area contributed by atoms with E-state index in [4.69, 9.17) is 16.3 Å². The van der Waals surface area contributed by atoms with Gasteiger partial charge in [-0.15, -0.1) is 0 Å². The number of amides is 1. The first-order valence-electron chi connectivity index (χ1n) is 9.76. The molecule has 2 heterocycles. The molecule has 0 unspecified atom stereocenters. The lowest BCUT2D eigenvalue weighted by Gasteiger charge is -2.31. The second-order valence-corrected chi connectivity index (χ2v) is 8.29. The predicted molar refractivity (Wildman–Crippen MR) is 122 cm³/mol. The molecule has 0 saturated carbocycles. The molecule has 0 bridgehead atoms. The number of nitrogens with one attached hydrogen (secondary N) is 1. The number of ether oxygens (including phenoxy) is 1. The number of anilines is 2. The third-order valence-corrected chi connectivity index (χ3v) is 6.17. The molecular weight excluding hydrogens is 420 g/mol. The molecule has 1 amide bonds. The lowest BCUT2D eigenvalue weighted by atomic mass is 10.2. The molecular formula is C22H23ClN4O2S. The van der Waals surface area contributed by atoms with Crippen molar-refractivity contribution in [3.63, 3.8) is 0 Å². The topological polar surface area (TPSA) is 59.4 Å². The number of imidazole rings is 1. The van der Waals surface area contributed by atoms with Crippen molar-refractivity contribution in [3.8, 4) is 5.69 Å². The summed E-state index contributed by atoms with van der Waals surface area (Å²) in [5.41, 5.74) is 3.78. The molecule has 2 aromatic carbocycles. The molecule has 30 heavy (non-hydrogen) atoms. The Balaban J connectivity index is 1.45. The number of aryl methyl sites for hydroxylation is 1. The summed E-state index contributed by atoms with van der Waals surface area (Å²) in [5, 5.41) is 4.42. The van der Waals surface area contributed by atoms with Crippen molar-refractivity contribution in [1.82, 2.24) is 9.55 Å². The second-order valence-electron chi connectivity index (χ2n) is 6.94. The Hall–Kier alpha value is -2.48. The van der Waals surface area contributed by atoms with Gasteiger partial charge in [-0.2, -0.15) is 0 Å². The molecule has 1 aromatic heterocycles. The highest BCUT2D eigenvalue weighted by Crippen LogP contribution is 2.34. The zero-order valence-electron chi connectivity index (χ0n) is 16.7. The molecule has 156 valence electrons. The Morgan fingerprint density at radius 2 is 2.00 bits per heavy atom. The lowest BCUT2D eigenvalue weighted by Crippen LogP contribution is -2.37. The molecule has 0 radical (unpaired) electrons. The van der Waals surface area contributed by atoms with Gasteiger partial charge < -0.3 is 15.0 Å². The minimum absolute atomic E-state index is 0.101. The van der Waals surface area contributed by atoms with E-state index in [0.29, 0.717) is 18.2 Å². The van der Waals surface area contributed by atoms with E-state index in [1.165, 1.54) is 11.8 Å². The number of hydrogen-bond donors (Lipinski definition) is 1. The molecule has 4 rings (SSSR count). The van der Waals surface area contributed by atoms with Crippen LogP contribution in [0.15, 0.2) is 60.0 Å². The summed E-state index contributed by atoms with van der Waals surface area (Å²) in [7, 11) is 0. The Bertz CT molecular complexity index is 1030. The van der Waals surface area contributed by atoms with Crippen LogP contribution in [-0.2, 0) is 9.53 Å². The highest BCUT2D eigenvalue weighted by molar-refractivity contribution is 7.99. The van der Waals surface area contributed by atoms with Gasteiger partial charge in [0, 0.05) is 25.5 Å². The number of thioether (sulfide) groups is 1. The van der Waals surface area contributed by atoms with Gasteiger partial charge in [-0.3, -0.25) is 9.36 Å². The van der Waals surface area contributed by atoms with Crippen LogP contribution in [0.5, 0.6) is 0 Å². The largest absolute Gasteiger partial charge is 0.378 e. The Labute approximate surface area is 185 Å². The second kappa shape index (κ2) is 9.55. The van der Waals surface area contributed by atoms with Crippen molar-refractivity contribution in [3.05, 3.63) is 65.4 Å². The summed E-state index contributed by atoms with van der Waals surface area (Å²) < 4.78 is 7.44. The molecule has 1 N–H and O–H groups in total. The number of para-hydroxylation sites is 2. The van der Waals surface area contributed by atoms with Crippen molar-refractivity contribution in [1.29, 1.82) is 0 Å². The Morgan fingerprint density at radius 3 is 2.80 bits per heavy atom. The molecule has 1 aliphatic rings. The highest BCUT2D eigenvalue weighted by Gasteiger charge is 2.19. The average molecular weight is 443 g/mol. The molecule has 6 nitrogen and oxygen atoms in total. The first-order valence-corrected chi connectivity index (χ1v) is 11.1. The quantitative estimate of drug-likeness (QED) is 0.573. The maximum atomic E-state index is 12.7. The number of morpholine rings is 1. The zero-order valence-corrected chi connectivity index (χ0v) is 18.2. The van der Waals surface area contributed by atoms with E-state index in [0.717, 1.165) is 40.9 Å². The summed E-state index contributed by atoms with van der Waals surface area (Å²) in [6.45, 7) is 4.85. The maximum Gasteiger partial charge on any atom is 0.234 e. The molecule has 3 aromatic rings. The van der Waals surface area contributed by atoms with Crippen LogP contribution in [-0.4, -0.2) is 47.5 Å². The smallest absolute Gasteiger partial charge is 0.234 e. The highest BCUT2D eigenvalue weighted by atomic mass is 35.5. The molecule has 0 aliphatic carbocycles. The van der Waals surface area contributed by atoms with Gasteiger partial charge in [-0.25, -0.2) is 4.98 Å². The van der Waals surface area contributed by atoms with E-state index in [2.05, 4.69) is 28.2 Å². The van der Waals surface area contributed by atoms with Crippen molar-refractivity contribution in [2.24, 2.45) is 0 Å². The van der Waals surface area contributed by atoms with Gasteiger partial charge in [0.05, 0.1) is 41.1 Å². The van der Waals surface area contributed by atoms with Crippen molar-refractivity contribution in [2.75, 3.05) is 42.3 Å². The van der Waals surface area contributed by atoms with Crippen LogP contribution in [0.4, 0.5) is 11.4 Å². The molecule has 0 atom stereocenters. The van der Waals surface area contributed by atoms with Crippen LogP contribution in [0, 0.1) is 6.92 Å².